The van der Waals surface area contributed by atoms with Crippen LogP contribution in [0.3, 0.4) is 0 Å². The van der Waals surface area contributed by atoms with Gasteiger partial charge in [-0.25, -0.2) is 0 Å². The number of hydrogen-bond donors (Lipinski definition) is 2. The molecule has 2 unspecified atom stereocenters. The first-order chi connectivity index (χ1) is 11.1. The first-order valence-corrected chi connectivity index (χ1v) is 8.37. The Labute approximate surface area is 138 Å². The van der Waals surface area contributed by atoms with Crippen LogP contribution in [-0.4, -0.2) is 55.3 Å². The second-order valence-corrected chi connectivity index (χ2v) is 6.19. The van der Waals surface area contributed by atoms with Crippen molar-refractivity contribution in [3.05, 3.63) is 35.9 Å². The number of likely N-dealkylation sites (tertiary alicyclic amines) is 1. The van der Waals surface area contributed by atoms with Gasteiger partial charge in [-0.3, -0.25) is 9.69 Å². The van der Waals surface area contributed by atoms with E-state index in [0.29, 0.717) is 13.2 Å². The zero-order valence-corrected chi connectivity index (χ0v) is 14.1. The molecular weight excluding hydrogens is 292 g/mol. The molecule has 0 bridgehead atoms. The molecule has 1 aliphatic rings. The Morgan fingerprint density at radius 1 is 1.35 bits per heavy atom. The molecule has 5 heteroatoms. The molecule has 1 aromatic carbocycles. The lowest BCUT2D eigenvalue weighted by Gasteiger charge is -2.37. The molecule has 1 amide bonds. The van der Waals surface area contributed by atoms with Crippen LogP contribution in [0.4, 0.5) is 0 Å². The lowest BCUT2D eigenvalue weighted by atomic mass is 9.87. The number of piperidine rings is 1. The van der Waals surface area contributed by atoms with Crippen molar-refractivity contribution in [3.8, 4) is 0 Å². The van der Waals surface area contributed by atoms with E-state index in [9.17, 15) is 9.90 Å². The maximum atomic E-state index is 12.1. The molecule has 2 atom stereocenters. The second-order valence-electron chi connectivity index (χ2n) is 6.19. The van der Waals surface area contributed by atoms with Crippen LogP contribution < -0.4 is 5.32 Å². The maximum Gasteiger partial charge on any atom is 0.237 e. The number of amides is 1. The van der Waals surface area contributed by atoms with E-state index in [2.05, 4.69) is 10.2 Å². The summed E-state index contributed by atoms with van der Waals surface area (Å²) in [6.45, 7) is 4.70. The van der Waals surface area contributed by atoms with Gasteiger partial charge in [0.05, 0.1) is 18.8 Å². The highest BCUT2D eigenvalue weighted by Gasteiger charge is 2.30. The van der Waals surface area contributed by atoms with Crippen LogP contribution in [0.25, 0.3) is 0 Å². The molecule has 2 rings (SSSR count). The van der Waals surface area contributed by atoms with Crippen LogP contribution in [0.2, 0.25) is 0 Å². The Morgan fingerprint density at radius 2 is 2.00 bits per heavy atom. The summed E-state index contributed by atoms with van der Waals surface area (Å²) in [6.07, 6.45) is 1.40. The Hall–Kier alpha value is -1.43. The summed E-state index contributed by atoms with van der Waals surface area (Å²) in [6, 6.07) is 9.69. The van der Waals surface area contributed by atoms with Gasteiger partial charge in [-0.15, -0.1) is 0 Å². The molecule has 0 spiro atoms. The van der Waals surface area contributed by atoms with Crippen molar-refractivity contribution in [2.24, 2.45) is 5.92 Å². The van der Waals surface area contributed by atoms with Crippen molar-refractivity contribution in [2.45, 2.75) is 31.9 Å². The number of ether oxygens (including phenoxy) is 1. The summed E-state index contributed by atoms with van der Waals surface area (Å²) >= 11 is 0. The fraction of sp³-hybridized carbons (Fsp3) is 0.611. The number of aliphatic hydroxyl groups excluding tert-OH is 1. The smallest absolute Gasteiger partial charge is 0.237 e. The minimum atomic E-state index is -0.413. The lowest BCUT2D eigenvalue weighted by molar-refractivity contribution is -0.126. The monoisotopic (exact) mass is 320 g/mol. The Balaban J connectivity index is 1.80. The number of hydrogen-bond acceptors (Lipinski definition) is 4. The van der Waals surface area contributed by atoms with Gasteiger partial charge in [-0.1, -0.05) is 30.3 Å². The van der Waals surface area contributed by atoms with Gasteiger partial charge in [-0.2, -0.15) is 0 Å². The van der Waals surface area contributed by atoms with E-state index in [1.165, 1.54) is 0 Å². The second kappa shape index (κ2) is 9.01. The normalized spacial score (nSPS) is 19.3. The Bertz CT molecular complexity index is 472. The average molecular weight is 320 g/mol. The molecule has 23 heavy (non-hydrogen) atoms. The highest BCUT2D eigenvalue weighted by molar-refractivity contribution is 5.81. The van der Waals surface area contributed by atoms with Gasteiger partial charge >= 0.3 is 0 Å². The predicted octanol–water partition coefficient (Wildman–Crippen LogP) is 1.58. The van der Waals surface area contributed by atoms with Crippen LogP contribution in [0, 0.1) is 5.92 Å². The van der Waals surface area contributed by atoms with Crippen molar-refractivity contribution >= 4 is 5.91 Å². The molecule has 128 valence electrons. The molecule has 1 saturated heterocycles. The first-order valence-electron chi connectivity index (χ1n) is 8.37. The van der Waals surface area contributed by atoms with Crippen LogP contribution in [0.5, 0.6) is 0 Å². The standard InChI is InChI=1S/C18H28N2O3/c1-14(18(22)19-10-13-23-2)20-11-8-16(9-12-20)17(21)15-6-4-3-5-7-15/h3-7,14,16-17,21H,8-13H2,1-2H3,(H,19,22). The van der Waals surface area contributed by atoms with E-state index in [4.69, 9.17) is 4.74 Å². The van der Waals surface area contributed by atoms with E-state index in [1.807, 2.05) is 37.3 Å². The van der Waals surface area contributed by atoms with Crippen LogP contribution in [0.1, 0.15) is 31.4 Å². The molecule has 1 fully saturated rings. The van der Waals surface area contributed by atoms with Gasteiger partial charge in [0, 0.05) is 13.7 Å². The number of carbonyl (C=O) groups excluding carboxylic acids is 1. The topological polar surface area (TPSA) is 61.8 Å². The zero-order chi connectivity index (χ0) is 16.7. The van der Waals surface area contributed by atoms with Gasteiger partial charge < -0.3 is 15.2 Å². The van der Waals surface area contributed by atoms with Gasteiger partial charge in [0.25, 0.3) is 0 Å². The SMILES string of the molecule is COCCNC(=O)C(C)N1CCC(C(O)c2ccccc2)CC1. The maximum absolute atomic E-state index is 12.1. The molecule has 0 aromatic heterocycles. The van der Waals surface area contributed by atoms with E-state index in [0.717, 1.165) is 31.5 Å². The third kappa shape index (κ3) is 5.03. The van der Waals surface area contributed by atoms with Crippen LogP contribution >= 0.6 is 0 Å². The average Bonchev–Trinajstić information content (AvgIpc) is 2.61. The first kappa shape index (κ1) is 17.9. The zero-order valence-electron chi connectivity index (χ0n) is 14.1. The molecule has 2 N–H and O–H groups in total. The van der Waals surface area contributed by atoms with Crippen LogP contribution in [-0.2, 0) is 9.53 Å². The highest BCUT2D eigenvalue weighted by atomic mass is 16.5. The van der Waals surface area contributed by atoms with Gasteiger partial charge in [-0.05, 0) is 44.3 Å². The molecule has 0 aliphatic carbocycles. The van der Waals surface area contributed by atoms with E-state index >= 15 is 0 Å². The fourth-order valence-electron chi connectivity index (χ4n) is 3.13. The molecule has 5 nitrogen and oxygen atoms in total. The van der Waals surface area contributed by atoms with E-state index < -0.39 is 6.10 Å². The third-order valence-electron chi connectivity index (χ3n) is 4.69. The minimum Gasteiger partial charge on any atom is -0.388 e. The van der Waals surface area contributed by atoms with Crippen LogP contribution in [0.15, 0.2) is 30.3 Å². The predicted molar refractivity (Wildman–Crippen MR) is 90.0 cm³/mol. The highest BCUT2D eigenvalue weighted by Crippen LogP contribution is 2.31. The van der Waals surface area contributed by atoms with E-state index in [1.54, 1.807) is 7.11 Å². The van der Waals surface area contributed by atoms with Crippen molar-refractivity contribution in [3.63, 3.8) is 0 Å². The summed E-state index contributed by atoms with van der Waals surface area (Å²) in [5.74, 6) is 0.307. The lowest BCUT2D eigenvalue weighted by Crippen LogP contribution is -2.49. The number of methoxy groups -OCH3 is 1. The third-order valence-corrected chi connectivity index (χ3v) is 4.69. The van der Waals surface area contributed by atoms with Gasteiger partial charge in [0.15, 0.2) is 0 Å². The largest absolute Gasteiger partial charge is 0.388 e. The number of carbonyl (C=O) groups is 1. The van der Waals surface area contributed by atoms with Crippen molar-refractivity contribution < 1.29 is 14.6 Å². The summed E-state index contributed by atoms with van der Waals surface area (Å²) in [5, 5.41) is 13.4. The Morgan fingerprint density at radius 3 is 2.61 bits per heavy atom. The molecule has 1 aromatic rings. The number of benzene rings is 1. The fourth-order valence-corrected chi connectivity index (χ4v) is 3.13. The number of nitrogens with one attached hydrogen (secondary N) is 1. The molecule has 0 radical (unpaired) electrons. The summed E-state index contributed by atoms with van der Waals surface area (Å²) in [7, 11) is 1.62. The molecule has 0 saturated carbocycles. The van der Waals surface area contributed by atoms with Crippen molar-refractivity contribution in [1.29, 1.82) is 0 Å². The summed E-state index contributed by atoms with van der Waals surface area (Å²) in [5.41, 5.74) is 0.983. The summed E-state index contributed by atoms with van der Waals surface area (Å²) < 4.78 is 4.94. The number of nitrogens with zero attached hydrogens (tertiary/aromatic N) is 1. The molecular formula is C18H28N2O3. The number of rotatable bonds is 7. The summed E-state index contributed by atoms with van der Waals surface area (Å²) in [4.78, 5) is 14.3. The van der Waals surface area contributed by atoms with Gasteiger partial charge in [0.2, 0.25) is 5.91 Å². The van der Waals surface area contributed by atoms with E-state index in [-0.39, 0.29) is 17.9 Å². The molecule has 1 heterocycles. The quantitative estimate of drug-likeness (QED) is 0.749. The van der Waals surface area contributed by atoms with Crippen molar-refractivity contribution in [2.75, 3.05) is 33.4 Å². The molecule has 1 aliphatic heterocycles. The minimum absolute atomic E-state index is 0.0455. The number of aliphatic hydroxyl groups is 1. The van der Waals surface area contributed by atoms with Crippen molar-refractivity contribution in [1.82, 2.24) is 10.2 Å². The Kier molecular flexibility index (Phi) is 7.02. The van der Waals surface area contributed by atoms with Gasteiger partial charge in [0.1, 0.15) is 0 Å².